The van der Waals surface area contributed by atoms with Crippen molar-refractivity contribution in [2.24, 2.45) is 11.3 Å². The summed E-state index contributed by atoms with van der Waals surface area (Å²) in [6.07, 6.45) is 1.17. The van der Waals surface area contributed by atoms with Crippen LogP contribution in [0.1, 0.15) is 33.6 Å². The van der Waals surface area contributed by atoms with Gasteiger partial charge in [0.25, 0.3) is 0 Å². The molecular formula is C11H18O3S. The van der Waals surface area contributed by atoms with Crippen LogP contribution in [-0.2, 0) is 14.6 Å². The minimum Gasteiger partial charge on any atom is -0.298 e. The lowest BCUT2D eigenvalue weighted by atomic mass is 9.59. The van der Waals surface area contributed by atoms with Gasteiger partial charge in [0.05, 0.1) is 0 Å². The maximum absolute atomic E-state index is 11.9. The first kappa shape index (κ1) is 12.4. The maximum atomic E-state index is 11.9. The van der Waals surface area contributed by atoms with E-state index in [0.29, 0.717) is 12.8 Å². The highest BCUT2D eigenvalue weighted by Gasteiger charge is 2.57. The Hall–Kier alpha value is -0.640. The molecule has 2 unspecified atom stereocenters. The summed E-state index contributed by atoms with van der Waals surface area (Å²) in [6, 6.07) is 0. The van der Waals surface area contributed by atoms with E-state index in [2.05, 4.69) is 6.58 Å². The fourth-order valence-electron chi connectivity index (χ4n) is 2.34. The highest BCUT2D eigenvalue weighted by atomic mass is 32.2. The zero-order valence-corrected chi connectivity index (χ0v) is 10.3. The molecule has 1 saturated carbocycles. The van der Waals surface area contributed by atoms with E-state index in [0.717, 1.165) is 5.41 Å². The van der Waals surface area contributed by atoms with Gasteiger partial charge in [0.15, 0.2) is 15.6 Å². The van der Waals surface area contributed by atoms with E-state index in [1.807, 2.05) is 20.8 Å². The smallest absolute Gasteiger partial charge is 0.181 e. The standard InChI is InChI=1S/C11H18O3S/c1-5-11(8(3)4)7-9(10(11)12)15(13,14)6-2/h6,8-9H,2,5,7H2,1,3-4H3. The number of carbonyl (C=O) groups excluding carboxylic acids is 1. The first-order valence-corrected chi connectivity index (χ1v) is 6.83. The van der Waals surface area contributed by atoms with Crippen LogP contribution in [0.25, 0.3) is 0 Å². The van der Waals surface area contributed by atoms with Gasteiger partial charge in [-0.3, -0.25) is 4.79 Å². The summed E-state index contributed by atoms with van der Waals surface area (Å²) in [5, 5.41) is 0.0625. The van der Waals surface area contributed by atoms with Gasteiger partial charge in [-0.25, -0.2) is 8.42 Å². The Morgan fingerprint density at radius 2 is 2.13 bits per heavy atom. The average Bonchev–Trinajstić information content (AvgIpc) is 2.16. The van der Waals surface area contributed by atoms with Crippen molar-refractivity contribution in [1.29, 1.82) is 0 Å². The Kier molecular flexibility index (Phi) is 3.10. The van der Waals surface area contributed by atoms with Crippen LogP contribution >= 0.6 is 0 Å². The molecule has 1 aliphatic rings. The summed E-state index contributed by atoms with van der Waals surface area (Å²) in [5.41, 5.74) is -0.416. The zero-order chi connectivity index (χ0) is 11.9. The fraction of sp³-hybridized carbons (Fsp3) is 0.727. The Bertz CT molecular complexity index is 381. The lowest BCUT2D eigenvalue weighted by molar-refractivity contribution is -0.141. The number of sulfone groups is 1. The molecule has 0 N–H and O–H groups in total. The summed E-state index contributed by atoms with van der Waals surface area (Å²) in [6.45, 7) is 9.13. The van der Waals surface area contributed by atoms with Crippen LogP contribution in [0.15, 0.2) is 12.0 Å². The van der Waals surface area contributed by atoms with Gasteiger partial charge < -0.3 is 0 Å². The molecule has 0 bridgehead atoms. The molecule has 0 aromatic heterocycles. The molecule has 4 heteroatoms. The van der Waals surface area contributed by atoms with Crippen molar-refractivity contribution in [3.05, 3.63) is 12.0 Å². The van der Waals surface area contributed by atoms with Crippen molar-refractivity contribution in [3.8, 4) is 0 Å². The molecule has 2 atom stereocenters. The summed E-state index contributed by atoms with van der Waals surface area (Å²) >= 11 is 0. The van der Waals surface area contributed by atoms with Gasteiger partial charge in [-0.2, -0.15) is 0 Å². The molecule has 1 rings (SSSR count). The van der Waals surface area contributed by atoms with E-state index in [1.54, 1.807) is 0 Å². The van der Waals surface area contributed by atoms with E-state index in [9.17, 15) is 13.2 Å². The van der Waals surface area contributed by atoms with Gasteiger partial charge in [-0.15, -0.1) is 0 Å². The molecule has 0 heterocycles. The largest absolute Gasteiger partial charge is 0.298 e. The average molecular weight is 230 g/mol. The summed E-state index contributed by atoms with van der Waals surface area (Å²) in [7, 11) is -3.41. The molecule has 0 aromatic carbocycles. The third-order valence-electron chi connectivity index (χ3n) is 3.70. The predicted octanol–water partition coefficient (Wildman–Crippen LogP) is 1.94. The number of rotatable bonds is 4. The minimum absolute atomic E-state index is 0.125. The van der Waals surface area contributed by atoms with Crippen LogP contribution in [0.2, 0.25) is 0 Å². The molecule has 0 amide bonds. The van der Waals surface area contributed by atoms with E-state index >= 15 is 0 Å². The van der Waals surface area contributed by atoms with Crippen LogP contribution in [0, 0.1) is 11.3 Å². The minimum atomic E-state index is -3.41. The van der Waals surface area contributed by atoms with Crippen LogP contribution in [0.5, 0.6) is 0 Å². The Morgan fingerprint density at radius 3 is 2.40 bits per heavy atom. The van der Waals surface area contributed by atoms with E-state index < -0.39 is 20.5 Å². The second-order valence-corrected chi connectivity index (χ2v) is 6.56. The normalized spacial score (nSPS) is 31.5. The number of carbonyl (C=O) groups is 1. The van der Waals surface area contributed by atoms with E-state index in [-0.39, 0.29) is 11.7 Å². The monoisotopic (exact) mass is 230 g/mol. The summed E-state index contributed by atoms with van der Waals surface area (Å²) in [4.78, 5) is 11.9. The van der Waals surface area contributed by atoms with Crippen molar-refractivity contribution >= 4 is 15.6 Å². The first-order chi connectivity index (χ1) is 6.81. The van der Waals surface area contributed by atoms with E-state index in [4.69, 9.17) is 0 Å². The van der Waals surface area contributed by atoms with Gasteiger partial charge >= 0.3 is 0 Å². The predicted molar refractivity (Wildman–Crippen MR) is 60.1 cm³/mol. The van der Waals surface area contributed by atoms with Crippen molar-refractivity contribution in [1.82, 2.24) is 0 Å². The summed E-state index contributed by atoms with van der Waals surface area (Å²) in [5.74, 6) is 0.0752. The van der Waals surface area contributed by atoms with Crippen molar-refractivity contribution in [2.45, 2.75) is 38.9 Å². The third kappa shape index (κ3) is 1.65. The molecule has 0 saturated heterocycles. The lowest BCUT2D eigenvalue weighted by Crippen LogP contribution is -2.57. The van der Waals surface area contributed by atoms with Crippen LogP contribution in [0.3, 0.4) is 0 Å². The second kappa shape index (κ2) is 3.74. The van der Waals surface area contributed by atoms with Gasteiger partial charge in [0.2, 0.25) is 0 Å². The molecular weight excluding hydrogens is 212 g/mol. The third-order valence-corrected chi connectivity index (χ3v) is 5.34. The highest BCUT2D eigenvalue weighted by molar-refractivity contribution is 7.95. The number of ketones is 1. The van der Waals surface area contributed by atoms with Crippen LogP contribution < -0.4 is 0 Å². The zero-order valence-electron chi connectivity index (χ0n) is 9.49. The van der Waals surface area contributed by atoms with Crippen LogP contribution in [0.4, 0.5) is 0 Å². The van der Waals surface area contributed by atoms with Crippen molar-refractivity contribution in [3.63, 3.8) is 0 Å². The molecule has 0 spiro atoms. The lowest BCUT2D eigenvalue weighted by Gasteiger charge is -2.47. The Labute approximate surface area is 91.5 Å². The molecule has 1 aliphatic carbocycles. The first-order valence-electron chi connectivity index (χ1n) is 5.22. The quantitative estimate of drug-likeness (QED) is 0.741. The van der Waals surface area contributed by atoms with Gasteiger partial charge in [0, 0.05) is 10.8 Å². The highest BCUT2D eigenvalue weighted by Crippen LogP contribution is 2.49. The van der Waals surface area contributed by atoms with Crippen molar-refractivity contribution in [2.75, 3.05) is 0 Å². The number of hydrogen-bond acceptors (Lipinski definition) is 3. The fourth-order valence-corrected chi connectivity index (χ4v) is 3.64. The SMILES string of the molecule is C=CS(=O)(=O)C1CC(CC)(C(C)C)C1=O. The van der Waals surface area contributed by atoms with Crippen molar-refractivity contribution < 1.29 is 13.2 Å². The molecule has 86 valence electrons. The number of Topliss-reactive ketones (excluding diaryl/α,β-unsaturated/α-hetero) is 1. The van der Waals surface area contributed by atoms with Crippen LogP contribution in [-0.4, -0.2) is 19.5 Å². The number of hydrogen-bond donors (Lipinski definition) is 0. The van der Waals surface area contributed by atoms with Gasteiger partial charge in [0.1, 0.15) is 5.25 Å². The topological polar surface area (TPSA) is 51.2 Å². The molecule has 1 fully saturated rings. The molecule has 3 nitrogen and oxygen atoms in total. The molecule has 0 radical (unpaired) electrons. The maximum Gasteiger partial charge on any atom is 0.181 e. The Morgan fingerprint density at radius 1 is 1.60 bits per heavy atom. The van der Waals surface area contributed by atoms with Gasteiger partial charge in [-0.1, -0.05) is 27.4 Å². The molecule has 0 aliphatic heterocycles. The molecule has 15 heavy (non-hydrogen) atoms. The second-order valence-electron chi connectivity index (χ2n) is 4.48. The van der Waals surface area contributed by atoms with E-state index in [1.165, 1.54) is 0 Å². The summed E-state index contributed by atoms with van der Waals surface area (Å²) < 4.78 is 23.0. The Balaban J connectivity index is 2.96. The molecule has 0 aromatic rings. The van der Waals surface area contributed by atoms with Gasteiger partial charge in [-0.05, 0) is 18.8 Å².